The summed E-state index contributed by atoms with van der Waals surface area (Å²) < 4.78 is 27.7. The molecule has 184 valence electrons. The molecule has 0 aliphatic rings. The minimum atomic E-state index is -2.97. The predicted octanol–water partition coefficient (Wildman–Crippen LogP) is 5.17. The number of nitrogens with zero attached hydrogens (tertiary/aromatic N) is 4. The van der Waals surface area contributed by atoms with E-state index in [2.05, 4.69) is 30.7 Å². The number of carbonyl (C=O) groups is 2. The van der Waals surface area contributed by atoms with E-state index in [1.807, 2.05) is 0 Å². The van der Waals surface area contributed by atoms with Gasteiger partial charge in [0.1, 0.15) is 18.5 Å². The lowest BCUT2D eigenvalue weighted by Crippen LogP contribution is -2.34. The highest BCUT2D eigenvalue weighted by atomic mass is 35.5. The zero-order chi connectivity index (χ0) is 25.7. The molecule has 3 rings (SSSR count). The fourth-order valence-corrected chi connectivity index (χ4v) is 3.64. The van der Waals surface area contributed by atoms with Crippen molar-refractivity contribution in [3.05, 3.63) is 68.5 Å². The predicted molar refractivity (Wildman–Crippen MR) is 128 cm³/mol. The van der Waals surface area contributed by atoms with Crippen LogP contribution in [0.3, 0.4) is 0 Å². The van der Waals surface area contributed by atoms with Crippen LogP contribution < -0.4 is 10.6 Å². The molecule has 2 heterocycles. The smallest absolute Gasteiger partial charge is 0.282 e. The molecule has 0 bridgehead atoms. The molecular weight excluding hydrogens is 529 g/mol. The molecule has 0 radical (unpaired) electrons. The minimum absolute atomic E-state index is 0.0439. The molecule has 0 saturated carbocycles. The third-order valence-corrected chi connectivity index (χ3v) is 5.22. The number of oxime groups is 1. The van der Waals surface area contributed by atoms with Gasteiger partial charge in [0.2, 0.25) is 0 Å². The number of amides is 2. The number of halogens is 5. The van der Waals surface area contributed by atoms with E-state index in [9.17, 15) is 18.4 Å². The van der Waals surface area contributed by atoms with Gasteiger partial charge in [0.25, 0.3) is 18.2 Å². The summed E-state index contributed by atoms with van der Waals surface area (Å²) in [5, 5.41) is 12.6. The Morgan fingerprint density at radius 2 is 1.91 bits per heavy atom. The first-order valence-corrected chi connectivity index (χ1v) is 10.9. The van der Waals surface area contributed by atoms with E-state index in [0.717, 1.165) is 10.7 Å². The number of carbonyl (C=O) groups excluding carboxylic acids is 2. The van der Waals surface area contributed by atoms with E-state index >= 15 is 0 Å². The molecule has 1 aromatic carbocycles. The maximum atomic E-state index is 13.4. The molecule has 9 nitrogen and oxygen atoms in total. The highest BCUT2D eigenvalue weighted by Crippen LogP contribution is 2.32. The SMILES string of the molecule is CO/N=C/C(C)NC(=O)c1cc(Cl)cc(Cl)c1NC(=O)c1cc(C(F)F)nn1-c1ncccc1Cl. The average molecular weight is 546 g/mol. The second-order valence-electron chi connectivity index (χ2n) is 6.94. The lowest BCUT2D eigenvalue weighted by Gasteiger charge is -2.15. The average Bonchev–Trinajstić information content (AvgIpc) is 3.25. The molecule has 1 atom stereocenters. The Bertz CT molecular complexity index is 1290. The fraction of sp³-hybridized carbons (Fsp3) is 0.190. The summed E-state index contributed by atoms with van der Waals surface area (Å²) in [6.45, 7) is 1.63. The van der Waals surface area contributed by atoms with Crippen LogP contribution in [0.5, 0.6) is 0 Å². The molecule has 2 amide bonds. The molecule has 0 aliphatic carbocycles. The summed E-state index contributed by atoms with van der Waals surface area (Å²) in [4.78, 5) is 34.6. The normalized spacial score (nSPS) is 12.1. The van der Waals surface area contributed by atoms with Gasteiger partial charge in [-0.25, -0.2) is 18.4 Å². The molecule has 0 spiro atoms. The highest BCUT2D eigenvalue weighted by molar-refractivity contribution is 6.38. The van der Waals surface area contributed by atoms with Crippen molar-refractivity contribution in [2.45, 2.75) is 19.4 Å². The van der Waals surface area contributed by atoms with Crippen molar-refractivity contribution in [1.82, 2.24) is 20.1 Å². The maximum absolute atomic E-state index is 13.4. The third kappa shape index (κ3) is 6.24. The maximum Gasteiger partial charge on any atom is 0.282 e. The van der Waals surface area contributed by atoms with Gasteiger partial charge in [-0.1, -0.05) is 40.0 Å². The Morgan fingerprint density at radius 1 is 1.17 bits per heavy atom. The first-order chi connectivity index (χ1) is 16.6. The number of hydrogen-bond donors (Lipinski definition) is 2. The van der Waals surface area contributed by atoms with Gasteiger partial charge in [-0.3, -0.25) is 9.59 Å². The van der Waals surface area contributed by atoms with E-state index in [1.54, 1.807) is 6.92 Å². The van der Waals surface area contributed by atoms with E-state index in [4.69, 9.17) is 34.8 Å². The van der Waals surface area contributed by atoms with Crippen molar-refractivity contribution in [2.75, 3.05) is 12.4 Å². The van der Waals surface area contributed by atoms with E-state index in [1.165, 1.54) is 43.8 Å². The number of nitrogens with one attached hydrogen (secondary N) is 2. The van der Waals surface area contributed by atoms with E-state index in [-0.39, 0.29) is 37.8 Å². The summed E-state index contributed by atoms with van der Waals surface area (Å²) >= 11 is 18.5. The van der Waals surface area contributed by atoms with Gasteiger partial charge >= 0.3 is 0 Å². The fourth-order valence-electron chi connectivity index (χ4n) is 2.89. The summed E-state index contributed by atoms with van der Waals surface area (Å²) in [7, 11) is 1.34. The summed E-state index contributed by atoms with van der Waals surface area (Å²) in [6, 6.07) is 5.92. The number of rotatable bonds is 8. The molecule has 0 saturated heterocycles. The van der Waals surface area contributed by atoms with Crippen LogP contribution in [-0.4, -0.2) is 45.9 Å². The van der Waals surface area contributed by atoms with Crippen LogP contribution in [0.25, 0.3) is 5.82 Å². The molecule has 0 aliphatic heterocycles. The molecule has 0 fully saturated rings. The second kappa shape index (κ2) is 11.4. The molecule has 2 aromatic heterocycles. The van der Waals surface area contributed by atoms with Gasteiger partial charge in [-0.05, 0) is 37.3 Å². The number of anilines is 1. The zero-order valence-electron chi connectivity index (χ0n) is 18.1. The van der Waals surface area contributed by atoms with Crippen LogP contribution in [0.2, 0.25) is 15.1 Å². The Morgan fingerprint density at radius 3 is 2.57 bits per heavy atom. The van der Waals surface area contributed by atoms with Crippen LogP contribution in [0.1, 0.15) is 39.9 Å². The lowest BCUT2D eigenvalue weighted by molar-refractivity contribution is 0.0950. The summed E-state index contributed by atoms with van der Waals surface area (Å²) in [5.41, 5.74) is -1.18. The van der Waals surface area contributed by atoms with Crippen molar-refractivity contribution in [3.8, 4) is 5.82 Å². The van der Waals surface area contributed by atoms with Crippen LogP contribution in [0.4, 0.5) is 14.5 Å². The standard InChI is InChI=1S/C21H17Cl3F2N6O3/c1-10(9-28-35-2)29-20(33)12-6-11(22)7-14(24)17(12)30-21(34)16-8-15(18(25)26)31-32(16)19-13(23)4-3-5-27-19/h3-10,18H,1-2H3,(H,29,33)(H,30,34)/b28-9+. The van der Waals surface area contributed by atoms with Gasteiger partial charge in [-0.15, -0.1) is 0 Å². The second-order valence-corrected chi connectivity index (χ2v) is 8.19. The van der Waals surface area contributed by atoms with Crippen LogP contribution in [0, 0.1) is 0 Å². The number of pyridine rings is 1. The Balaban J connectivity index is 2.01. The number of aromatic nitrogens is 3. The number of hydrogen-bond acceptors (Lipinski definition) is 6. The van der Waals surface area contributed by atoms with Crippen LogP contribution in [0.15, 0.2) is 41.7 Å². The topological polar surface area (TPSA) is 110 Å². The molecule has 1 unspecified atom stereocenters. The van der Waals surface area contributed by atoms with E-state index in [0.29, 0.717) is 0 Å². The quantitative estimate of drug-likeness (QED) is 0.300. The highest BCUT2D eigenvalue weighted by Gasteiger charge is 2.25. The van der Waals surface area contributed by atoms with Gasteiger partial charge in [0, 0.05) is 11.2 Å². The van der Waals surface area contributed by atoms with Crippen molar-refractivity contribution < 1.29 is 23.2 Å². The lowest BCUT2D eigenvalue weighted by atomic mass is 10.1. The first kappa shape index (κ1) is 26.3. The summed E-state index contributed by atoms with van der Waals surface area (Å²) in [6.07, 6.45) is -0.274. The van der Waals surface area contributed by atoms with E-state index < -0.39 is 30.0 Å². The Hall–Kier alpha value is -3.28. The van der Waals surface area contributed by atoms with Gasteiger partial charge in [0.05, 0.1) is 33.6 Å². The van der Waals surface area contributed by atoms with Gasteiger partial charge in [0.15, 0.2) is 5.82 Å². The van der Waals surface area contributed by atoms with Gasteiger partial charge in [-0.2, -0.15) is 5.10 Å². The largest absolute Gasteiger partial charge is 0.399 e. The Labute approximate surface area is 213 Å². The third-order valence-electron chi connectivity index (χ3n) is 4.41. The Kier molecular flexibility index (Phi) is 8.60. The minimum Gasteiger partial charge on any atom is -0.399 e. The first-order valence-electron chi connectivity index (χ1n) is 9.79. The number of alkyl halides is 2. The number of benzene rings is 1. The van der Waals surface area contributed by atoms with Crippen LogP contribution in [-0.2, 0) is 4.84 Å². The van der Waals surface area contributed by atoms with Crippen molar-refractivity contribution >= 4 is 58.5 Å². The summed E-state index contributed by atoms with van der Waals surface area (Å²) in [5.74, 6) is -1.59. The molecule has 3 aromatic rings. The zero-order valence-corrected chi connectivity index (χ0v) is 20.4. The molecule has 35 heavy (non-hydrogen) atoms. The monoisotopic (exact) mass is 544 g/mol. The van der Waals surface area contributed by atoms with Crippen molar-refractivity contribution in [3.63, 3.8) is 0 Å². The molecular formula is C21H17Cl3F2N6O3. The van der Waals surface area contributed by atoms with Crippen molar-refractivity contribution in [2.24, 2.45) is 5.16 Å². The molecule has 2 N–H and O–H groups in total. The van der Waals surface area contributed by atoms with Gasteiger partial charge < -0.3 is 15.5 Å². The van der Waals surface area contributed by atoms with Crippen molar-refractivity contribution in [1.29, 1.82) is 0 Å². The molecule has 14 heteroatoms. The van der Waals surface area contributed by atoms with Crippen LogP contribution >= 0.6 is 34.8 Å².